The largest absolute Gasteiger partial charge is 0.460 e. The molecule has 1 aromatic carbocycles. The van der Waals surface area contributed by atoms with E-state index in [1.807, 2.05) is 24.3 Å². The molecule has 1 fully saturated rings. The average molecular weight is 298 g/mol. The van der Waals surface area contributed by atoms with Crippen LogP contribution in [-0.2, 0) is 0 Å². The molecule has 3 N–H and O–H groups in total. The topological polar surface area (TPSA) is 73.4 Å². The van der Waals surface area contributed by atoms with Crippen molar-refractivity contribution < 1.29 is 9.84 Å². The maximum absolute atomic E-state index is 10.2. The fourth-order valence-corrected chi connectivity index (χ4v) is 2.91. The molecule has 1 unspecified atom stereocenters. The number of piperazine rings is 1. The first-order valence-electron chi connectivity index (χ1n) is 7.47. The number of ether oxygens (including phenoxy) is 1. The normalized spacial score (nSPS) is 21.0. The summed E-state index contributed by atoms with van der Waals surface area (Å²) in [6.45, 7) is 3.95. The molecule has 0 radical (unpaired) electrons. The highest BCUT2D eigenvalue weighted by Gasteiger charge is 2.23. The summed E-state index contributed by atoms with van der Waals surface area (Å²) in [6.07, 6.45) is 2.62. The number of benzene rings is 1. The van der Waals surface area contributed by atoms with E-state index in [2.05, 4.69) is 26.5 Å². The number of fused-ring (bicyclic) bond motifs is 1. The van der Waals surface area contributed by atoms with E-state index in [1.54, 1.807) is 6.20 Å². The summed E-state index contributed by atoms with van der Waals surface area (Å²) < 4.78 is 5.70. The van der Waals surface area contributed by atoms with Gasteiger partial charge >= 0.3 is 0 Å². The monoisotopic (exact) mass is 298 g/mol. The second kappa shape index (κ2) is 5.47. The van der Waals surface area contributed by atoms with E-state index < -0.39 is 6.29 Å². The maximum Gasteiger partial charge on any atom is 0.226 e. The number of H-pyrrole nitrogens is 1. The van der Waals surface area contributed by atoms with Gasteiger partial charge in [-0.25, -0.2) is 0 Å². The summed E-state index contributed by atoms with van der Waals surface area (Å²) in [5, 5.41) is 20.3. The predicted octanol–water partition coefficient (Wildman–Crippen LogP) is 1.07. The van der Waals surface area contributed by atoms with Crippen molar-refractivity contribution in [3.8, 4) is 5.75 Å². The zero-order valence-electron chi connectivity index (χ0n) is 12.1. The van der Waals surface area contributed by atoms with Gasteiger partial charge in [0.05, 0.1) is 5.69 Å². The molecule has 0 spiro atoms. The Morgan fingerprint density at radius 1 is 1.23 bits per heavy atom. The van der Waals surface area contributed by atoms with E-state index >= 15 is 0 Å². The highest BCUT2D eigenvalue weighted by Crippen LogP contribution is 2.35. The number of aliphatic hydroxyl groups is 1. The third-order valence-electron chi connectivity index (χ3n) is 4.11. The summed E-state index contributed by atoms with van der Waals surface area (Å²) in [5.41, 5.74) is 3.56. The molecule has 114 valence electrons. The molecular weight excluding hydrogens is 280 g/mol. The molecule has 22 heavy (non-hydrogen) atoms. The number of nitrogens with one attached hydrogen (secondary N) is 2. The van der Waals surface area contributed by atoms with Crippen LogP contribution >= 0.6 is 0 Å². The summed E-state index contributed by atoms with van der Waals surface area (Å²) in [4.78, 5) is 2.32. The Morgan fingerprint density at radius 2 is 2.09 bits per heavy atom. The second-order valence-corrected chi connectivity index (χ2v) is 5.50. The molecule has 6 nitrogen and oxygen atoms in total. The van der Waals surface area contributed by atoms with Crippen molar-refractivity contribution in [2.45, 2.75) is 6.29 Å². The lowest BCUT2D eigenvalue weighted by Crippen LogP contribution is -2.43. The van der Waals surface area contributed by atoms with E-state index in [9.17, 15) is 5.11 Å². The van der Waals surface area contributed by atoms with Crippen molar-refractivity contribution in [1.82, 2.24) is 15.5 Å². The Labute approximate surface area is 128 Å². The minimum absolute atomic E-state index is 0.694. The fraction of sp³-hybridized carbons (Fsp3) is 0.312. The lowest BCUT2D eigenvalue weighted by Gasteiger charge is -2.31. The first-order valence-corrected chi connectivity index (χ1v) is 7.47. The van der Waals surface area contributed by atoms with Gasteiger partial charge in [0.15, 0.2) is 0 Å². The molecule has 2 aromatic rings. The van der Waals surface area contributed by atoms with Crippen LogP contribution in [0, 0.1) is 0 Å². The number of nitrogens with zero attached hydrogens (tertiary/aromatic N) is 2. The first-order chi connectivity index (χ1) is 10.8. The van der Waals surface area contributed by atoms with Gasteiger partial charge in [-0.3, -0.25) is 5.10 Å². The van der Waals surface area contributed by atoms with Crippen LogP contribution in [0.5, 0.6) is 5.75 Å². The number of aromatic nitrogens is 2. The van der Waals surface area contributed by atoms with Crippen molar-refractivity contribution in [1.29, 1.82) is 0 Å². The highest BCUT2D eigenvalue weighted by atomic mass is 16.6. The standard InChI is InChI=1S/C16H18N4O2/c21-16-13(14-3-4-18-19-14)9-11-1-2-12(10-15(11)22-16)20-7-5-17-6-8-20/h1-4,9-10,16-17,21H,5-8H2,(H,18,19). The summed E-state index contributed by atoms with van der Waals surface area (Å²) in [5.74, 6) is 0.715. The SMILES string of the molecule is OC1Oc2cc(N3CCNCC3)ccc2C=C1c1ccn[nH]1. The molecule has 4 rings (SSSR count). The number of aromatic amines is 1. The molecule has 1 aromatic heterocycles. The van der Waals surface area contributed by atoms with Crippen molar-refractivity contribution in [3.63, 3.8) is 0 Å². The van der Waals surface area contributed by atoms with Gasteiger partial charge in [0.1, 0.15) is 5.75 Å². The van der Waals surface area contributed by atoms with Crippen molar-refractivity contribution in [2.75, 3.05) is 31.1 Å². The smallest absolute Gasteiger partial charge is 0.226 e. The van der Waals surface area contributed by atoms with Crippen molar-refractivity contribution in [3.05, 3.63) is 41.7 Å². The van der Waals surface area contributed by atoms with Crippen LogP contribution in [0.2, 0.25) is 0 Å². The number of rotatable bonds is 2. The predicted molar refractivity (Wildman–Crippen MR) is 84.6 cm³/mol. The van der Waals surface area contributed by atoms with Crippen molar-refractivity contribution in [2.24, 2.45) is 0 Å². The van der Waals surface area contributed by atoms with Gasteiger partial charge in [0.2, 0.25) is 6.29 Å². The summed E-state index contributed by atoms with van der Waals surface area (Å²) >= 11 is 0. The van der Waals surface area contributed by atoms with Gasteiger partial charge < -0.3 is 20.1 Å². The van der Waals surface area contributed by atoms with Crippen molar-refractivity contribution >= 4 is 17.3 Å². The molecule has 0 bridgehead atoms. The number of anilines is 1. The van der Waals surface area contributed by atoms with Crippen LogP contribution in [0.15, 0.2) is 30.5 Å². The Kier molecular flexibility index (Phi) is 3.32. The molecule has 6 heteroatoms. The van der Waals surface area contributed by atoms with Crippen LogP contribution in [0.4, 0.5) is 5.69 Å². The summed E-state index contributed by atoms with van der Waals surface area (Å²) in [6, 6.07) is 7.96. The average Bonchev–Trinajstić information content (AvgIpc) is 3.09. The molecule has 0 aliphatic carbocycles. The number of hydrogen-bond acceptors (Lipinski definition) is 5. The Morgan fingerprint density at radius 3 is 2.86 bits per heavy atom. The Bertz CT molecular complexity index is 690. The van der Waals surface area contributed by atoms with Crippen LogP contribution in [0.1, 0.15) is 11.3 Å². The van der Waals surface area contributed by atoms with Gasteiger partial charge in [-0.15, -0.1) is 0 Å². The van der Waals surface area contributed by atoms with Gasteiger partial charge in [-0.1, -0.05) is 0 Å². The molecule has 2 aliphatic heterocycles. The molecular formula is C16H18N4O2. The molecule has 1 atom stereocenters. The fourth-order valence-electron chi connectivity index (χ4n) is 2.91. The zero-order chi connectivity index (χ0) is 14.9. The number of aliphatic hydroxyl groups excluding tert-OH is 1. The van der Waals surface area contributed by atoms with E-state index in [-0.39, 0.29) is 0 Å². The van der Waals surface area contributed by atoms with Crippen LogP contribution < -0.4 is 15.0 Å². The summed E-state index contributed by atoms with van der Waals surface area (Å²) in [7, 11) is 0. The van der Waals surface area contributed by atoms with Gasteiger partial charge in [-0.2, -0.15) is 5.10 Å². The van der Waals surface area contributed by atoms with E-state index in [4.69, 9.17) is 4.74 Å². The number of hydrogen-bond donors (Lipinski definition) is 3. The maximum atomic E-state index is 10.2. The van der Waals surface area contributed by atoms with E-state index in [1.165, 1.54) is 0 Å². The van der Waals surface area contributed by atoms with E-state index in [0.717, 1.165) is 43.1 Å². The Hall–Kier alpha value is -2.31. The van der Waals surface area contributed by atoms with Gasteiger partial charge in [0.25, 0.3) is 0 Å². The van der Waals surface area contributed by atoms with Gasteiger partial charge in [0, 0.05) is 55.3 Å². The minimum atomic E-state index is -0.980. The lowest BCUT2D eigenvalue weighted by molar-refractivity contribution is 0.0318. The molecule has 3 heterocycles. The van der Waals surface area contributed by atoms with Gasteiger partial charge in [-0.05, 0) is 24.3 Å². The molecule has 0 saturated carbocycles. The third-order valence-corrected chi connectivity index (χ3v) is 4.11. The van der Waals surface area contributed by atoms with Crippen LogP contribution in [0.3, 0.4) is 0 Å². The minimum Gasteiger partial charge on any atom is -0.460 e. The van der Waals surface area contributed by atoms with Crippen LogP contribution in [-0.4, -0.2) is 47.8 Å². The van der Waals surface area contributed by atoms with Crippen LogP contribution in [0.25, 0.3) is 11.6 Å². The highest BCUT2D eigenvalue weighted by molar-refractivity contribution is 5.85. The lowest BCUT2D eigenvalue weighted by atomic mass is 10.0. The van der Waals surface area contributed by atoms with E-state index in [0.29, 0.717) is 11.3 Å². The molecule has 1 saturated heterocycles. The third kappa shape index (κ3) is 2.36. The first kappa shape index (κ1) is 13.4. The quantitative estimate of drug-likeness (QED) is 0.773. The Balaban J connectivity index is 1.66. The molecule has 0 amide bonds. The second-order valence-electron chi connectivity index (χ2n) is 5.50. The molecule has 2 aliphatic rings. The zero-order valence-corrected chi connectivity index (χ0v) is 12.1.